The summed E-state index contributed by atoms with van der Waals surface area (Å²) in [5.74, 6) is 1.46. The lowest BCUT2D eigenvalue weighted by molar-refractivity contribution is -0.122. The van der Waals surface area contributed by atoms with Crippen molar-refractivity contribution in [3.63, 3.8) is 0 Å². The highest BCUT2D eigenvalue weighted by Crippen LogP contribution is 2.39. The average molecular weight is 650 g/mol. The van der Waals surface area contributed by atoms with Crippen molar-refractivity contribution in [1.29, 1.82) is 0 Å². The van der Waals surface area contributed by atoms with E-state index in [4.69, 9.17) is 30.8 Å². The van der Waals surface area contributed by atoms with Gasteiger partial charge in [0.05, 0.1) is 17.6 Å². The van der Waals surface area contributed by atoms with E-state index in [1.807, 2.05) is 13.8 Å². The largest absolute Gasteiger partial charge is 0.508 e. The minimum atomic E-state index is -0.730. The van der Waals surface area contributed by atoms with Gasteiger partial charge in [-0.2, -0.15) is 9.97 Å². The Morgan fingerprint density at radius 3 is 2.49 bits per heavy atom. The maximum absolute atomic E-state index is 16.5. The third kappa shape index (κ3) is 8.04. The second kappa shape index (κ2) is 16.8. The Balaban J connectivity index is 0.000000947. The number of nitrogens with zero attached hydrogens (tertiary/aromatic N) is 4. The van der Waals surface area contributed by atoms with E-state index in [1.54, 1.807) is 0 Å². The summed E-state index contributed by atoms with van der Waals surface area (Å²) in [6, 6.07) is 6.24. The second-order valence-corrected chi connectivity index (χ2v) is 11.0. The summed E-state index contributed by atoms with van der Waals surface area (Å²) in [5, 5.41) is 22.1. The Morgan fingerprint density at radius 2 is 1.81 bits per heavy atom. The lowest BCUT2D eigenvalue weighted by Crippen LogP contribution is -2.51. The number of hydrogen-bond donors (Lipinski definition) is 3. The Kier molecular flexibility index (Phi) is 12.6. The van der Waals surface area contributed by atoms with Crippen LogP contribution in [0.3, 0.4) is 0 Å². The van der Waals surface area contributed by atoms with Gasteiger partial charge in [-0.1, -0.05) is 32.8 Å². The van der Waals surface area contributed by atoms with Crippen LogP contribution in [0.2, 0.25) is 0 Å². The minimum absolute atomic E-state index is 0.0320. The molecule has 0 saturated carbocycles. The zero-order valence-corrected chi connectivity index (χ0v) is 26.9. The molecule has 2 saturated heterocycles. The molecule has 2 aromatic carbocycles. The van der Waals surface area contributed by atoms with Gasteiger partial charge in [0.1, 0.15) is 28.6 Å². The number of unbranched alkanes of at least 4 members (excludes halogenated alkanes) is 1. The van der Waals surface area contributed by atoms with Crippen molar-refractivity contribution in [3.8, 4) is 35.4 Å². The Bertz CT molecular complexity index is 1720. The predicted molar refractivity (Wildman–Crippen MR) is 178 cm³/mol. The van der Waals surface area contributed by atoms with Crippen LogP contribution in [0.1, 0.15) is 58.4 Å². The number of terminal acetylenes is 1. The van der Waals surface area contributed by atoms with Crippen LogP contribution in [0.5, 0.6) is 11.8 Å². The standard InChI is InChI=1S/C32H33F2N5O3.C2H6.CH2O2/c1-3-11-41-12-5-6-13-42-32-37-30-25(31(38-32)39-17-20-8-9-21(18-39)36-20)16-35-29(28(30)34)24-15-22(40)14-19-7-10-26(33)23(4-2)27(19)24;1-2;2-1-3/h2,7,10,14-16,20-21,36,40H,3,5-6,8-9,11-13,17-18H2,1H3;1-2H3;1H,(H,2,3). The van der Waals surface area contributed by atoms with Gasteiger partial charge in [-0.05, 0) is 55.7 Å². The number of nitrogens with one attached hydrogen (secondary N) is 1. The number of hydrogen-bond acceptors (Lipinski definition) is 9. The van der Waals surface area contributed by atoms with Gasteiger partial charge in [0.15, 0.2) is 5.82 Å². The van der Waals surface area contributed by atoms with E-state index in [2.05, 4.69) is 33.0 Å². The summed E-state index contributed by atoms with van der Waals surface area (Å²) in [5.41, 5.74) is 0.0732. The van der Waals surface area contributed by atoms with Crippen LogP contribution in [0.15, 0.2) is 30.5 Å². The lowest BCUT2D eigenvalue weighted by atomic mass is 9.96. The molecule has 4 heterocycles. The van der Waals surface area contributed by atoms with Crippen molar-refractivity contribution < 1.29 is 33.3 Å². The molecular weight excluding hydrogens is 608 g/mol. The molecular formula is C35H41F2N5O5. The number of phenols is 1. The molecule has 2 bridgehead atoms. The number of carboxylic acid groups (broad SMARTS) is 1. The van der Waals surface area contributed by atoms with Crippen molar-refractivity contribution in [2.75, 3.05) is 37.8 Å². The van der Waals surface area contributed by atoms with Crippen molar-refractivity contribution in [1.82, 2.24) is 20.3 Å². The summed E-state index contributed by atoms with van der Waals surface area (Å²) in [4.78, 5) is 24.2. The van der Waals surface area contributed by atoms with E-state index in [0.29, 0.717) is 41.9 Å². The fourth-order valence-corrected chi connectivity index (χ4v) is 5.95. The van der Waals surface area contributed by atoms with Crippen molar-refractivity contribution in [3.05, 3.63) is 47.7 Å². The first-order valence-electron chi connectivity index (χ1n) is 16.0. The number of benzene rings is 2. The molecule has 2 aliphatic rings. The minimum Gasteiger partial charge on any atom is -0.508 e. The quantitative estimate of drug-likeness (QED) is 0.106. The zero-order valence-electron chi connectivity index (χ0n) is 26.9. The molecule has 6 rings (SSSR count). The van der Waals surface area contributed by atoms with E-state index >= 15 is 4.39 Å². The van der Waals surface area contributed by atoms with E-state index in [9.17, 15) is 9.50 Å². The fourth-order valence-electron chi connectivity index (χ4n) is 5.95. The second-order valence-electron chi connectivity index (χ2n) is 11.0. The molecule has 47 heavy (non-hydrogen) atoms. The Hall–Kier alpha value is -4.60. The molecule has 250 valence electrons. The zero-order chi connectivity index (χ0) is 33.9. The molecule has 0 amide bonds. The third-order valence-corrected chi connectivity index (χ3v) is 7.87. The van der Waals surface area contributed by atoms with Gasteiger partial charge in [0.25, 0.3) is 6.47 Å². The molecule has 2 fully saturated rings. The molecule has 0 radical (unpaired) electrons. The highest BCUT2D eigenvalue weighted by Gasteiger charge is 2.34. The number of pyridine rings is 1. The molecule has 12 heteroatoms. The summed E-state index contributed by atoms with van der Waals surface area (Å²) < 4.78 is 42.7. The normalized spacial score (nSPS) is 16.6. The SMILES string of the molecule is C#Cc1c(F)ccc2cc(O)cc(-c3ncc4c(N5CC6CCC(C5)N6)nc(OCCCCOCCC)nc4c3F)c12.CC.O=CO. The van der Waals surface area contributed by atoms with Gasteiger partial charge in [0, 0.05) is 55.5 Å². The lowest BCUT2D eigenvalue weighted by Gasteiger charge is -2.34. The summed E-state index contributed by atoms with van der Waals surface area (Å²) in [6.45, 7) is 8.99. The third-order valence-electron chi connectivity index (χ3n) is 7.87. The van der Waals surface area contributed by atoms with Crippen molar-refractivity contribution in [2.24, 2.45) is 0 Å². The van der Waals surface area contributed by atoms with E-state index in [1.165, 1.54) is 30.5 Å². The number of aromatic nitrogens is 3. The first kappa shape index (κ1) is 35.3. The molecule has 3 N–H and O–H groups in total. The molecule has 0 aliphatic carbocycles. The fraction of sp³-hybridized carbons (Fsp3) is 0.429. The maximum Gasteiger partial charge on any atom is 0.319 e. The number of halogens is 2. The number of aromatic hydroxyl groups is 1. The highest BCUT2D eigenvalue weighted by molar-refractivity contribution is 6.03. The molecule has 2 aliphatic heterocycles. The molecule has 2 unspecified atom stereocenters. The predicted octanol–water partition coefficient (Wildman–Crippen LogP) is 6.06. The number of phenolic OH excluding ortho intramolecular Hbond substituents is 1. The Morgan fingerprint density at radius 1 is 1.11 bits per heavy atom. The summed E-state index contributed by atoms with van der Waals surface area (Å²) in [6.07, 6.45) is 11.9. The van der Waals surface area contributed by atoms with Gasteiger partial charge >= 0.3 is 6.01 Å². The van der Waals surface area contributed by atoms with Crippen LogP contribution in [-0.2, 0) is 9.53 Å². The topological polar surface area (TPSA) is 130 Å². The van der Waals surface area contributed by atoms with Crippen LogP contribution < -0.4 is 15.0 Å². The number of rotatable bonds is 10. The average Bonchev–Trinajstić information content (AvgIpc) is 3.42. The van der Waals surface area contributed by atoms with Gasteiger partial charge in [0.2, 0.25) is 0 Å². The van der Waals surface area contributed by atoms with Gasteiger partial charge in [-0.3, -0.25) is 9.78 Å². The maximum atomic E-state index is 16.5. The highest BCUT2D eigenvalue weighted by atomic mass is 19.1. The van der Waals surface area contributed by atoms with Crippen LogP contribution in [0, 0.1) is 24.0 Å². The first-order valence-corrected chi connectivity index (χ1v) is 16.0. The monoisotopic (exact) mass is 649 g/mol. The number of fused-ring (bicyclic) bond motifs is 4. The number of ether oxygens (including phenoxy) is 2. The molecule has 2 aromatic heterocycles. The van der Waals surface area contributed by atoms with Gasteiger partial charge in [-0.25, -0.2) is 8.78 Å². The van der Waals surface area contributed by atoms with Crippen molar-refractivity contribution >= 4 is 34.0 Å². The smallest absolute Gasteiger partial charge is 0.319 e. The molecule has 2 atom stereocenters. The number of piperazine rings is 1. The van der Waals surface area contributed by atoms with Crippen LogP contribution in [0.4, 0.5) is 14.6 Å². The van der Waals surface area contributed by atoms with Gasteiger partial charge in [-0.15, -0.1) is 6.42 Å². The van der Waals surface area contributed by atoms with E-state index in [0.717, 1.165) is 51.8 Å². The summed E-state index contributed by atoms with van der Waals surface area (Å²) >= 11 is 0. The number of anilines is 1. The molecule has 0 spiro atoms. The Labute approximate surface area is 273 Å². The molecule has 4 aromatic rings. The summed E-state index contributed by atoms with van der Waals surface area (Å²) in [7, 11) is 0. The van der Waals surface area contributed by atoms with Crippen molar-refractivity contribution in [2.45, 2.75) is 65.0 Å². The molecule has 10 nitrogen and oxygen atoms in total. The van der Waals surface area contributed by atoms with E-state index < -0.39 is 11.6 Å². The van der Waals surface area contributed by atoms with Gasteiger partial charge < -0.3 is 29.9 Å². The van der Waals surface area contributed by atoms with Crippen LogP contribution in [0.25, 0.3) is 32.9 Å². The van der Waals surface area contributed by atoms with E-state index in [-0.39, 0.29) is 46.0 Å². The first-order chi connectivity index (χ1) is 22.9. The number of carbonyl (C=O) groups is 1. The van der Waals surface area contributed by atoms with Crippen LogP contribution in [-0.4, -0.2) is 76.6 Å². The van der Waals surface area contributed by atoms with Crippen LogP contribution >= 0.6 is 0 Å².